The van der Waals surface area contributed by atoms with Gasteiger partial charge in [0.05, 0.1) is 12.8 Å². The average Bonchev–Trinajstić information content (AvgIpc) is 2.14. The number of hydroxylamine groups is 1. The van der Waals surface area contributed by atoms with Crippen LogP contribution in [0.5, 0.6) is 0 Å². The van der Waals surface area contributed by atoms with Crippen LogP contribution in [0, 0.1) is 0 Å². The fourth-order valence-corrected chi connectivity index (χ4v) is 0.917. The van der Waals surface area contributed by atoms with Gasteiger partial charge in [-0.25, -0.2) is 4.79 Å². The smallest absolute Gasteiger partial charge is 0.336 e. The molecule has 0 radical (unpaired) electrons. The summed E-state index contributed by atoms with van der Waals surface area (Å²) < 4.78 is 0. The van der Waals surface area contributed by atoms with E-state index in [9.17, 15) is 24.3 Å². The second kappa shape index (κ2) is 6.51. The van der Waals surface area contributed by atoms with Crippen molar-refractivity contribution in [3.05, 3.63) is 0 Å². The van der Waals surface area contributed by atoms with Crippen LogP contribution in [0.2, 0.25) is 0 Å². The predicted octanol–water partition coefficient (Wildman–Crippen LogP) is -2.20. The minimum absolute atomic E-state index is 0.726. The van der Waals surface area contributed by atoms with Crippen molar-refractivity contribution in [1.29, 1.82) is 0 Å². The minimum Gasteiger partial charge on any atom is -0.481 e. The van der Waals surface area contributed by atoms with Gasteiger partial charge in [-0.2, -0.15) is 0 Å². The Hall–Kier alpha value is -2.20. The Balaban J connectivity index is 4.41. The molecule has 0 aliphatic heterocycles. The molecule has 0 spiro atoms. The molecule has 0 saturated heterocycles. The molecule has 10 heteroatoms. The van der Waals surface area contributed by atoms with Crippen molar-refractivity contribution in [2.45, 2.75) is 18.4 Å². The summed E-state index contributed by atoms with van der Waals surface area (Å²) in [5, 5.41) is 34.6. The maximum Gasteiger partial charge on any atom is 0.336 e. The fourth-order valence-electron chi connectivity index (χ4n) is 0.917. The Bertz CT molecular complexity index is 366. The molecule has 1 unspecified atom stereocenters. The number of aliphatic carboxylic acids is 3. The van der Waals surface area contributed by atoms with Crippen LogP contribution in [0.15, 0.2) is 0 Å². The Morgan fingerprint density at radius 2 is 1.56 bits per heavy atom. The SMILES string of the molecule is O=C(O)CNOC(=O)CC(O)(CC(=O)O)C(=O)O. The van der Waals surface area contributed by atoms with Gasteiger partial charge in [0.1, 0.15) is 6.54 Å². The largest absolute Gasteiger partial charge is 0.481 e. The molecule has 0 amide bonds. The van der Waals surface area contributed by atoms with Gasteiger partial charge < -0.3 is 25.3 Å². The molecule has 0 fully saturated rings. The molecule has 0 bridgehead atoms. The molecule has 0 aliphatic carbocycles. The molecule has 0 aromatic rings. The van der Waals surface area contributed by atoms with E-state index in [1.165, 1.54) is 0 Å². The van der Waals surface area contributed by atoms with Crippen molar-refractivity contribution in [3.63, 3.8) is 0 Å². The first kappa shape index (κ1) is 15.8. The van der Waals surface area contributed by atoms with E-state index >= 15 is 0 Å². The third-order valence-corrected chi connectivity index (χ3v) is 1.69. The van der Waals surface area contributed by atoms with E-state index in [1.54, 1.807) is 5.48 Å². The maximum absolute atomic E-state index is 11.0. The van der Waals surface area contributed by atoms with E-state index in [-0.39, 0.29) is 0 Å². The number of hydrogen-bond donors (Lipinski definition) is 5. The van der Waals surface area contributed by atoms with E-state index in [4.69, 9.17) is 15.3 Å². The predicted molar refractivity (Wildman–Crippen MR) is 51.2 cm³/mol. The third-order valence-electron chi connectivity index (χ3n) is 1.69. The molecule has 5 N–H and O–H groups in total. The molecule has 0 heterocycles. The summed E-state index contributed by atoms with van der Waals surface area (Å²) in [5.41, 5.74) is -1.11. The average molecular weight is 265 g/mol. The zero-order chi connectivity index (χ0) is 14.3. The van der Waals surface area contributed by atoms with Crippen LogP contribution in [0.1, 0.15) is 12.8 Å². The number of carbonyl (C=O) groups excluding carboxylic acids is 1. The molecular weight excluding hydrogens is 254 g/mol. The minimum atomic E-state index is -2.81. The topological polar surface area (TPSA) is 170 Å². The van der Waals surface area contributed by atoms with Crippen molar-refractivity contribution >= 4 is 23.9 Å². The Labute approximate surface area is 99.7 Å². The first-order valence-electron chi connectivity index (χ1n) is 4.49. The highest BCUT2D eigenvalue weighted by Gasteiger charge is 2.41. The molecule has 1 atom stereocenters. The highest BCUT2D eigenvalue weighted by Crippen LogP contribution is 2.16. The summed E-state index contributed by atoms with van der Waals surface area (Å²) in [4.78, 5) is 46.1. The quantitative estimate of drug-likeness (QED) is 0.303. The van der Waals surface area contributed by atoms with Crippen LogP contribution in [0.3, 0.4) is 0 Å². The van der Waals surface area contributed by atoms with Gasteiger partial charge in [-0.3, -0.25) is 14.4 Å². The Morgan fingerprint density at radius 3 is 1.94 bits per heavy atom. The van der Waals surface area contributed by atoms with Crippen molar-refractivity contribution in [2.75, 3.05) is 6.54 Å². The van der Waals surface area contributed by atoms with Crippen molar-refractivity contribution in [1.82, 2.24) is 5.48 Å². The Kier molecular flexibility index (Phi) is 5.72. The second-order valence-electron chi connectivity index (χ2n) is 3.27. The van der Waals surface area contributed by atoms with E-state index in [0.29, 0.717) is 0 Å². The van der Waals surface area contributed by atoms with E-state index in [2.05, 4.69) is 4.84 Å². The Morgan fingerprint density at radius 1 is 1.00 bits per heavy atom. The molecule has 0 saturated carbocycles. The first-order valence-corrected chi connectivity index (χ1v) is 4.49. The monoisotopic (exact) mass is 265 g/mol. The van der Waals surface area contributed by atoms with E-state index < -0.39 is 48.9 Å². The van der Waals surface area contributed by atoms with E-state index in [1.807, 2.05) is 0 Å². The van der Waals surface area contributed by atoms with Gasteiger partial charge in [-0.15, -0.1) is 5.48 Å². The zero-order valence-corrected chi connectivity index (χ0v) is 8.95. The lowest BCUT2D eigenvalue weighted by atomic mass is 9.96. The summed E-state index contributed by atoms with van der Waals surface area (Å²) in [7, 11) is 0. The van der Waals surface area contributed by atoms with Crippen LogP contribution >= 0.6 is 0 Å². The van der Waals surface area contributed by atoms with Crippen LogP contribution in [0.25, 0.3) is 0 Å². The van der Waals surface area contributed by atoms with Gasteiger partial charge in [-0.1, -0.05) is 0 Å². The fraction of sp³-hybridized carbons (Fsp3) is 0.500. The van der Waals surface area contributed by atoms with Crippen LogP contribution in [-0.4, -0.2) is 56.4 Å². The lowest BCUT2D eigenvalue weighted by molar-refractivity contribution is -0.174. The number of carboxylic acid groups (broad SMARTS) is 3. The van der Waals surface area contributed by atoms with Gasteiger partial charge in [0.2, 0.25) is 0 Å². The van der Waals surface area contributed by atoms with Gasteiger partial charge in [0.25, 0.3) is 0 Å². The lowest BCUT2D eigenvalue weighted by Crippen LogP contribution is -2.44. The first-order chi connectivity index (χ1) is 8.17. The van der Waals surface area contributed by atoms with Gasteiger partial charge in [0.15, 0.2) is 5.60 Å². The lowest BCUT2D eigenvalue weighted by Gasteiger charge is -2.19. The highest BCUT2D eigenvalue weighted by atomic mass is 16.7. The highest BCUT2D eigenvalue weighted by molar-refractivity contribution is 5.88. The summed E-state index contributed by atoms with van der Waals surface area (Å²) >= 11 is 0. The number of rotatable bonds is 8. The molecule has 10 nitrogen and oxygen atoms in total. The summed E-state index contributed by atoms with van der Waals surface area (Å²) in [5.74, 6) is -6.16. The third kappa shape index (κ3) is 5.77. The molecule has 0 aromatic carbocycles. The van der Waals surface area contributed by atoms with Gasteiger partial charge in [0, 0.05) is 0 Å². The van der Waals surface area contributed by atoms with Gasteiger partial charge >= 0.3 is 23.9 Å². The molecule has 0 rings (SSSR count). The number of carbonyl (C=O) groups is 4. The number of carboxylic acids is 3. The summed E-state index contributed by atoms with van der Waals surface area (Å²) in [6.07, 6.45) is -2.34. The number of hydrogen-bond acceptors (Lipinski definition) is 7. The standard InChI is InChI=1S/C8H11NO9/c10-4(11)1-8(17,7(15)16)2-6(14)18-9-3-5(12)13/h9,17H,1-3H2,(H,10,11)(H,12,13)(H,15,16). The van der Waals surface area contributed by atoms with Crippen LogP contribution < -0.4 is 5.48 Å². The van der Waals surface area contributed by atoms with Crippen LogP contribution in [0.4, 0.5) is 0 Å². The molecule has 18 heavy (non-hydrogen) atoms. The second-order valence-corrected chi connectivity index (χ2v) is 3.27. The van der Waals surface area contributed by atoms with Gasteiger partial charge in [-0.05, 0) is 0 Å². The van der Waals surface area contributed by atoms with E-state index in [0.717, 1.165) is 0 Å². The van der Waals surface area contributed by atoms with Crippen molar-refractivity contribution in [2.24, 2.45) is 0 Å². The van der Waals surface area contributed by atoms with Crippen LogP contribution in [-0.2, 0) is 24.0 Å². The van der Waals surface area contributed by atoms with Crippen molar-refractivity contribution < 1.29 is 44.4 Å². The summed E-state index contributed by atoms with van der Waals surface area (Å²) in [6.45, 7) is -0.726. The maximum atomic E-state index is 11.0. The van der Waals surface area contributed by atoms with Crippen molar-refractivity contribution in [3.8, 4) is 0 Å². The normalized spacial score (nSPS) is 13.4. The summed E-state index contributed by atoms with van der Waals surface area (Å²) in [6, 6.07) is 0. The zero-order valence-electron chi connectivity index (χ0n) is 8.95. The molecule has 102 valence electrons. The molecular formula is C8H11NO9. The number of aliphatic hydroxyl groups is 1. The molecule has 0 aliphatic rings. The number of nitrogens with one attached hydrogen (secondary N) is 1. The molecule has 0 aromatic heterocycles.